The second-order valence-electron chi connectivity index (χ2n) is 4.10. The van der Waals surface area contributed by atoms with E-state index in [4.69, 9.17) is 0 Å². The van der Waals surface area contributed by atoms with Crippen LogP contribution in [0.4, 0.5) is 4.39 Å². The van der Waals surface area contributed by atoms with Gasteiger partial charge >= 0.3 is 0 Å². The minimum Gasteiger partial charge on any atom is -0.393 e. The van der Waals surface area contributed by atoms with Crippen LogP contribution in [0.1, 0.15) is 25.8 Å². The molecule has 4 heteroatoms. The van der Waals surface area contributed by atoms with Crippen molar-refractivity contribution in [3.8, 4) is 0 Å². The second-order valence-corrected chi connectivity index (χ2v) is 5.02. The van der Waals surface area contributed by atoms with Crippen molar-refractivity contribution < 1.29 is 9.50 Å². The Kier molecular flexibility index (Phi) is 5.38. The van der Waals surface area contributed by atoms with Gasteiger partial charge in [0.05, 0.1) is 6.10 Å². The summed E-state index contributed by atoms with van der Waals surface area (Å²) < 4.78 is 14.2. The standard InChI is InChI=1S/C12H17BrFNO/c1-8(5-9(2)16)15-7-10-3-4-11(13)6-12(10)14/h3-4,6,8-9,15-16H,5,7H2,1-2H3. The van der Waals surface area contributed by atoms with Gasteiger partial charge in [-0.25, -0.2) is 4.39 Å². The van der Waals surface area contributed by atoms with E-state index in [1.807, 2.05) is 13.0 Å². The molecule has 90 valence electrons. The van der Waals surface area contributed by atoms with Gasteiger partial charge < -0.3 is 10.4 Å². The zero-order valence-electron chi connectivity index (χ0n) is 9.50. The third kappa shape index (κ3) is 4.60. The monoisotopic (exact) mass is 289 g/mol. The lowest BCUT2D eigenvalue weighted by Gasteiger charge is -2.15. The number of hydrogen-bond acceptors (Lipinski definition) is 2. The first-order valence-corrected chi connectivity index (χ1v) is 6.13. The minimum absolute atomic E-state index is 0.169. The summed E-state index contributed by atoms with van der Waals surface area (Å²) in [6.07, 6.45) is 0.329. The van der Waals surface area contributed by atoms with Gasteiger partial charge in [-0.15, -0.1) is 0 Å². The lowest BCUT2D eigenvalue weighted by Crippen LogP contribution is -2.29. The summed E-state index contributed by atoms with van der Waals surface area (Å²) >= 11 is 3.22. The maximum absolute atomic E-state index is 13.4. The van der Waals surface area contributed by atoms with Gasteiger partial charge in [-0.2, -0.15) is 0 Å². The Labute approximate surface area is 104 Å². The molecule has 0 fully saturated rings. The van der Waals surface area contributed by atoms with E-state index in [0.717, 1.165) is 4.47 Å². The van der Waals surface area contributed by atoms with Gasteiger partial charge in [-0.3, -0.25) is 0 Å². The van der Waals surface area contributed by atoms with Crippen LogP contribution >= 0.6 is 15.9 Å². The van der Waals surface area contributed by atoms with Gasteiger partial charge in [0.1, 0.15) is 5.82 Å². The van der Waals surface area contributed by atoms with Crippen LogP contribution in [0.2, 0.25) is 0 Å². The number of nitrogens with one attached hydrogen (secondary N) is 1. The molecule has 0 saturated carbocycles. The van der Waals surface area contributed by atoms with E-state index < -0.39 is 0 Å². The average Bonchev–Trinajstić information content (AvgIpc) is 2.15. The van der Waals surface area contributed by atoms with Crippen molar-refractivity contribution in [1.29, 1.82) is 0 Å². The summed E-state index contributed by atoms with van der Waals surface area (Å²) in [7, 11) is 0. The Hall–Kier alpha value is -0.450. The van der Waals surface area contributed by atoms with Gasteiger partial charge in [0.2, 0.25) is 0 Å². The first kappa shape index (κ1) is 13.6. The van der Waals surface area contributed by atoms with E-state index in [1.165, 1.54) is 6.07 Å². The maximum atomic E-state index is 13.4. The first-order valence-electron chi connectivity index (χ1n) is 5.34. The van der Waals surface area contributed by atoms with E-state index in [0.29, 0.717) is 18.5 Å². The van der Waals surface area contributed by atoms with Crippen LogP contribution in [0.15, 0.2) is 22.7 Å². The van der Waals surface area contributed by atoms with Crippen LogP contribution in [0.25, 0.3) is 0 Å². The average molecular weight is 290 g/mol. The first-order chi connectivity index (χ1) is 7.49. The molecule has 2 nitrogen and oxygen atoms in total. The zero-order valence-corrected chi connectivity index (χ0v) is 11.1. The van der Waals surface area contributed by atoms with Gasteiger partial charge in [-0.05, 0) is 32.4 Å². The quantitative estimate of drug-likeness (QED) is 0.874. The Morgan fingerprint density at radius 1 is 1.44 bits per heavy atom. The number of benzene rings is 1. The molecule has 2 unspecified atom stereocenters. The van der Waals surface area contributed by atoms with E-state index in [9.17, 15) is 9.50 Å². The number of rotatable bonds is 5. The number of aliphatic hydroxyl groups excluding tert-OH is 1. The summed E-state index contributed by atoms with van der Waals surface area (Å²) in [6.45, 7) is 4.20. The highest BCUT2D eigenvalue weighted by Crippen LogP contribution is 2.15. The van der Waals surface area contributed by atoms with E-state index in [-0.39, 0.29) is 18.0 Å². The van der Waals surface area contributed by atoms with Crippen molar-refractivity contribution in [2.75, 3.05) is 0 Å². The van der Waals surface area contributed by atoms with Gasteiger partial charge in [-0.1, -0.05) is 22.0 Å². The molecular weight excluding hydrogens is 273 g/mol. The molecule has 16 heavy (non-hydrogen) atoms. The number of halogens is 2. The lowest BCUT2D eigenvalue weighted by atomic mass is 10.1. The van der Waals surface area contributed by atoms with Gasteiger partial charge in [0, 0.05) is 22.6 Å². The second kappa shape index (κ2) is 6.33. The Morgan fingerprint density at radius 3 is 2.69 bits per heavy atom. The van der Waals surface area contributed by atoms with Crippen LogP contribution in [0, 0.1) is 5.82 Å². The molecule has 1 rings (SSSR count). The predicted molar refractivity (Wildman–Crippen MR) is 66.7 cm³/mol. The van der Waals surface area contributed by atoms with Crippen LogP contribution in [-0.2, 0) is 6.54 Å². The fraction of sp³-hybridized carbons (Fsp3) is 0.500. The molecule has 1 aromatic rings. The molecule has 0 aromatic heterocycles. The molecule has 0 aliphatic rings. The molecule has 1 aromatic carbocycles. The Morgan fingerprint density at radius 2 is 2.12 bits per heavy atom. The highest BCUT2D eigenvalue weighted by Gasteiger charge is 2.07. The van der Waals surface area contributed by atoms with Crippen molar-refractivity contribution in [1.82, 2.24) is 5.32 Å². The topological polar surface area (TPSA) is 32.3 Å². The summed E-state index contributed by atoms with van der Waals surface area (Å²) in [4.78, 5) is 0. The van der Waals surface area contributed by atoms with Gasteiger partial charge in [0.15, 0.2) is 0 Å². The summed E-state index contributed by atoms with van der Waals surface area (Å²) in [6, 6.07) is 5.19. The molecule has 0 saturated heterocycles. The minimum atomic E-state index is -0.336. The Bertz CT molecular complexity index is 344. The normalized spacial score (nSPS) is 14.8. The maximum Gasteiger partial charge on any atom is 0.128 e. The van der Waals surface area contributed by atoms with Crippen LogP contribution in [0.5, 0.6) is 0 Å². The molecule has 0 bridgehead atoms. The fourth-order valence-electron chi connectivity index (χ4n) is 1.54. The van der Waals surface area contributed by atoms with Gasteiger partial charge in [0.25, 0.3) is 0 Å². The van der Waals surface area contributed by atoms with E-state index in [2.05, 4.69) is 21.2 Å². The molecular formula is C12H17BrFNO. The lowest BCUT2D eigenvalue weighted by molar-refractivity contribution is 0.170. The van der Waals surface area contributed by atoms with Crippen molar-refractivity contribution in [2.45, 2.75) is 39.0 Å². The van der Waals surface area contributed by atoms with Crippen LogP contribution in [0.3, 0.4) is 0 Å². The third-order valence-electron chi connectivity index (χ3n) is 2.35. The smallest absolute Gasteiger partial charge is 0.128 e. The van der Waals surface area contributed by atoms with E-state index in [1.54, 1.807) is 13.0 Å². The number of hydrogen-bond donors (Lipinski definition) is 2. The molecule has 0 aliphatic carbocycles. The van der Waals surface area contributed by atoms with Crippen molar-refractivity contribution in [2.24, 2.45) is 0 Å². The molecule has 2 N–H and O–H groups in total. The molecule has 0 spiro atoms. The third-order valence-corrected chi connectivity index (χ3v) is 2.84. The molecule has 0 radical (unpaired) electrons. The van der Waals surface area contributed by atoms with Crippen molar-refractivity contribution in [3.05, 3.63) is 34.1 Å². The highest BCUT2D eigenvalue weighted by atomic mass is 79.9. The number of aliphatic hydroxyl groups is 1. The van der Waals surface area contributed by atoms with E-state index >= 15 is 0 Å². The van der Waals surface area contributed by atoms with Crippen LogP contribution < -0.4 is 5.32 Å². The molecule has 0 heterocycles. The van der Waals surface area contributed by atoms with Crippen molar-refractivity contribution >= 4 is 15.9 Å². The SMILES string of the molecule is CC(O)CC(C)NCc1ccc(Br)cc1F. The molecule has 2 atom stereocenters. The van der Waals surface area contributed by atoms with Crippen molar-refractivity contribution in [3.63, 3.8) is 0 Å². The molecule has 0 amide bonds. The molecule has 0 aliphatic heterocycles. The summed E-state index contributed by atoms with van der Waals surface area (Å²) in [5.74, 6) is -0.217. The zero-order chi connectivity index (χ0) is 12.1. The Balaban J connectivity index is 2.48. The fourth-order valence-corrected chi connectivity index (χ4v) is 1.88. The highest BCUT2D eigenvalue weighted by molar-refractivity contribution is 9.10. The summed E-state index contributed by atoms with van der Waals surface area (Å²) in [5.41, 5.74) is 0.639. The summed E-state index contributed by atoms with van der Waals surface area (Å²) in [5, 5.41) is 12.4. The largest absolute Gasteiger partial charge is 0.393 e. The predicted octanol–water partition coefficient (Wildman–Crippen LogP) is 2.84. The van der Waals surface area contributed by atoms with Crippen LogP contribution in [-0.4, -0.2) is 17.3 Å².